The van der Waals surface area contributed by atoms with Crippen LogP contribution in [-0.2, 0) is 47.3 Å². The number of hydrogen-bond acceptors (Lipinski definition) is 0. The van der Waals surface area contributed by atoms with Crippen LogP contribution in [0.4, 0.5) is 0 Å². The molecular formula is AgAl2OZn+7. The maximum atomic E-state index is 0. The normalized spacial score (nSPS) is 0. The summed E-state index contributed by atoms with van der Waals surface area (Å²) in [6.45, 7) is 0. The number of rotatable bonds is 0. The second-order valence-corrected chi connectivity index (χ2v) is 0. The van der Waals surface area contributed by atoms with Gasteiger partial charge in [0.05, 0.1) is 0 Å². The zero-order valence-electron chi connectivity index (χ0n) is 2.57. The Kier molecular flexibility index (Phi) is 344. The van der Waals surface area contributed by atoms with E-state index in [0.29, 0.717) is 0 Å². The Morgan fingerprint density at radius 3 is 0.800 bits per heavy atom. The molecule has 0 saturated carbocycles. The second kappa shape index (κ2) is 32.5. The molecule has 1 nitrogen and oxygen atoms in total. The van der Waals surface area contributed by atoms with Crippen molar-refractivity contribution in [3.63, 3.8) is 0 Å². The Morgan fingerprint density at radius 2 is 0.800 bits per heavy atom. The first-order valence-corrected chi connectivity index (χ1v) is 0. The van der Waals surface area contributed by atoms with Crippen molar-refractivity contribution in [1.82, 2.24) is 0 Å². The van der Waals surface area contributed by atoms with E-state index in [9.17, 15) is 0 Å². The topological polar surface area (TPSA) is 28.5 Å². The van der Waals surface area contributed by atoms with Gasteiger partial charge in [0.25, 0.3) is 0 Å². The van der Waals surface area contributed by atoms with Crippen molar-refractivity contribution in [2.45, 2.75) is 0 Å². The molecule has 0 spiro atoms. The van der Waals surface area contributed by atoms with E-state index in [2.05, 4.69) is 0 Å². The molecule has 0 fully saturated rings. The van der Waals surface area contributed by atoms with Gasteiger partial charge in [-0.15, -0.1) is 0 Å². The molecule has 0 aliphatic heterocycles. The minimum absolute atomic E-state index is 0. The smallest absolute Gasteiger partial charge is 2.00 e. The van der Waals surface area contributed by atoms with Crippen molar-refractivity contribution in [3.05, 3.63) is 0 Å². The zero-order chi connectivity index (χ0) is 0. The predicted molar refractivity (Wildman–Crippen MR) is 12.2 cm³/mol. The molecule has 18 valence electrons. The first kappa shape index (κ1) is 52.9. The van der Waals surface area contributed by atoms with Gasteiger partial charge in [0, 0.05) is 0 Å². The molecule has 0 saturated heterocycles. The molecular weight excluding hydrogens is 243 g/mol. The molecule has 0 unspecified atom stereocenters. The Bertz CT molecular complexity index is 9.61. The third-order valence-corrected chi connectivity index (χ3v) is 0. The summed E-state index contributed by atoms with van der Waals surface area (Å²) in [5, 5.41) is 0. The van der Waals surface area contributed by atoms with E-state index >= 15 is 0 Å². The summed E-state index contributed by atoms with van der Waals surface area (Å²) in [6, 6.07) is 0. The zero-order valence-corrected chi connectivity index (χ0v) is 9.33. The molecule has 0 aromatic carbocycles. The van der Waals surface area contributed by atoms with Crippen LogP contribution in [-0.4, -0.2) is 34.7 Å². The van der Waals surface area contributed by atoms with E-state index in [-0.39, 0.29) is 82.1 Å². The third kappa shape index (κ3) is 21.6. The van der Waals surface area contributed by atoms with Crippen LogP contribution in [0.25, 0.3) is 0 Å². The Labute approximate surface area is 81.1 Å². The molecule has 0 amide bonds. The predicted octanol–water partition coefficient (Wildman–Crippen LogP) is -0.885. The van der Waals surface area contributed by atoms with E-state index in [4.69, 9.17) is 0 Å². The first-order chi connectivity index (χ1) is 0. The molecule has 0 radical (unpaired) electrons. The quantitative estimate of drug-likeness (QED) is 0.494. The van der Waals surface area contributed by atoms with Gasteiger partial charge in [0.2, 0.25) is 0 Å². The standard InChI is InChI=1S/Ag.2Al.O.Zn/q+1;2*+3;-2;+2. The van der Waals surface area contributed by atoms with E-state index in [1.807, 2.05) is 0 Å². The molecule has 0 rings (SSSR count). The molecule has 0 aromatic heterocycles. The summed E-state index contributed by atoms with van der Waals surface area (Å²) in [5.74, 6) is 0. The largest absolute Gasteiger partial charge is 3.00 e. The van der Waals surface area contributed by atoms with Crippen LogP contribution in [0, 0.1) is 0 Å². The Balaban J connectivity index is 0. The summed E-state index contributed by atoms with van der Waals surface area (Å²) in [6.07, 6.45) is 0. The Hall–Kier alpha value is 2.39. The maximum absolute atomic E-state index is 0. The average Bonchev–Trinajstić information content (AvgIpc) is 0. The van der Waals surface area contributed by atoms with Gasteiger partial charge in [-0.3, -0.25) is 0 Å². The van der Waals surface area contributed by atoms with Gasteiger partial charge in [-0.1, -0.05) is 0 Å². The molecule has 0 aliphatic carbocycles. The van der Waals surface area contributed by atoms with Crippen LogP contribution < -0.4 is 0 Å². The minimum atomic E-state index is 0. The molecule has 0 atom stereocenters. The van der Waals surface area contributed by atoms with E-state index in [0.717, 1.165) is 0 Å². The first-order valence-electron chi connectivity index (χ1n) is 0. The Morgan fingerprint density at radius 1 is 0.800 bits per heavy atom. The molecule has 0 N–H and O–H groups in total. The van der Waals surface area contributed by atoms with Gasteiger partial charge in [-0.2, -0.15) is 0 Å². The van der Waals surface area contributed by atoms with E-state index in [1.54, 1.807) is 0 Å². The summed E-state index contributed by atoms with van der Waals surface area (Å²) < 4.78 is 0. The van der Waals surface area contributed by atoms with Crippen LogP contribution in [0.5, 0.6) is 0 Å². The molecule has 0 bridgehead atoms. The minimum Gasteiger partial charge on any atom is -2.00 e. The second-order valence-electron chi connectivity index (χ2n) is 0. The molecule has 0 aromatic rings. The van der Waals surface area contributed by atoms with Crippen LogP contribution in [0.15, 0.2) is 0 Å². The summed E-state index contributed by atoms with van der Waals surface area (Å²) in [7, 11) is 0. The van der Waals surface area contributed by atoms with Crippen molar-refractivity contribution in [2.24, 2.45) is 0 Å². The SMILES string of the molecule is [Ag+].[Al+3].[Al+3].[O-2].[Zn+2]. The van der Waals surface area contributed by atoms with Gasteiger partial charge in [-0.05, 0) is 0 Å². The van der Waals surface area contributed by atoms with Crippen LogP contribution in [0.2, 0.25) is 0 Å². The van der Waals surface area contributed by atoms with Gasteiger partial charge in [0.15, 0.2) is 0 Å². The van der Waals surface area contributed by atoms with Crippen molar-refractivity contribution in [1.29, 1.82) is 0 Å². The third-order valence-electron chi connectivity index (χ3n) is 0. The summed E-state index contributed by atoms with van der Waals surface area (Å²) in [4.78, 5) is 0. The molecule has 0 aliphatic rings. The average molecular weight is 243 g/mol. The summed E-state index contributed by atoms with van der Waals surface area (Å²) >= 11 is 0. The van der Waals surface area contributed by atoms with E-state index in [1.165, 1.54) is 0 Å². The fourth-order valence-electron chi connectivity index (χ4n) is 0. The van der Waals surface area contributed by atoms with Crippen molar-refractivity contribution >= 4 is 34.7 Å². The van der Waals surface area contributed by atoms with Crippen LogP contribution in [0.3, 0.4) is 0 Å². The van der Waals surface area contributed by atoms with Crippen molar-refractivity contribution < 1.29 is 47.3 Å². The van der Waals surface area contributed by atoms with Crippen molar-refractivity contribution in [2.75, 3.05) is 0 Å². The van der Waals surface area contributed by atoms with Crippen LogP contribution >= 0.6 is 0 Å². The fourth-order valence-corrected chi connectivity index (χ4v) is 0. The van der Waals surface area contributed by atoms with Gasteiger partial charge in [0.1, 0.15) is 0 Å². The van der Waals surface area contributed by atoms with Gasteiger partial charge in [-0.25, -0.2) is 0 Å². The number of hydrogen-bond donors (Lipinski definition) is 0. The van der Waals surface area contributed by atoms with Crippen LogP contribution in [0.1, 0.15) is 0 Å². The van der Waals surface area contributed by atoms with Crippen molar-refractivity contribution in [3.8, 4) is 0 Å². The molecule has 5 heavy (non-hydrogen) atoms. The van der Waals surface area contributed by atoms with Gasteiger partial charge >= 0.3 is 76.6 Å². The molecule has 0 heterocycles. The van der Waals surface area contributed by atoms with Gasteiger partial charge < -0.3 is 5.48 Å². The molecule has 5 heteroatoms. The van der Waals surface area contributed by atoms with E-state index < -0.39 is 0 Å². The monoisotopic (exact) mass is 241 g/mol. The fraction of sp³-hybridized carbons (Fsp3) is 0. The summed E-state index contributed by atoms with van der Waals surface area (Å²) in [5.41, 5.74) is 0. The maximum Gasteiger partial charge on any atom is 3.00 e.